The first-order valence-electron chi connectivity index (χ1n) is 13.5. The number of hydrogen-bond donors (Lipinski definition) is 5. The molecule has 10 heteroatoms. The average molecular weight is 551 g/mol. The van der Waals surface area contributed by atoms with Crippen LogP contribution >= 0.6 is 0 Å². The summed E-state index contributed by atoms with van der Waals surface area (Å²) in [4.78, 5) is 25.2. The molecule has 0 spiro atoms. The van der Waals surface area contributed by atoms with Crippen LogP contribution in [-0.2, 0) is 24.2 Å². The van der Waals surface area contributed by atoms with Gasteiger partial charge in [-0.2, -0.15) is 0 Å². The average Bonchev–Trinajstić information content (AvgIpc) is 2.90. The van der Waals surface area contributed by atoms with E-state index in [-0.39, 0.29) is 31.4 Å². The molecule has 0 aliphatic rings. The molecule has 2 aromatic rings. The van der Waals surface area contributed by atoms with E-state index < -0.39 is 47.9 Å². The number of alkyl halides is 1. The van der Waals surface area contributed by atoms with E-state index in [1.807, 2.05) is 25.1 Å². The van der Waals surface area contributed by atoms with Gasteiger partial charge in [0.15, 0.2) is 0 Å². The SMILES string of the molecule is CCCCC(F)CC(NC(=O)NC)C(=O)N[C@@H](Cc1cc(F)cc(F)c1)[C@H](O)CNCc1cccc(CC)c1. The first-order chi connectivity index (χ1) is 18.6. The monoisotopic (exact) mass is 550 g/mol. The number of unbranched alkanes of at least 4 members (excludes halogenated alkanes) is 1. The molecule has 0 bridgehead atoms. The Bertz CT molecular complexity index is 1040. The summed E-state index contributed by atoms with van der Waals surface area (Å²) in [6.45, 7) is 4.51. The molecule has 0 aromatic heterocycles. The van der Waals surface area contributed by atoms with Crippen LogP contribution in [0.25, 0.3) is 0 Å². The Hall–Kier alpha value is -3.11. The Morgan fingerprint density at radius 3 is 2.31 bits per heavy atom. The van der Waals surface area contributed by atoms with Gasteiger partial charge in [-0.15, -0.1) is 0 Å². The number of rotatable bonds is 16. The minimum absolute atomic E-state index is 0.0644. The van der Waals surface area contributed by atoms with Crippen molar-refractivity contribution in [2.45, 2.75) is 83.3 Å². The maximum Gasteiger partial charge on any atom is 0.315 e. The number of carbonyl (C=O) groups is 2. The largest absolute Gasteiger partial charge is 0.390 e. The minimum Gasteiger partial charge on any atom is -0.390 e. The zero-order valence-electron chi connectivity index (χ0n) is 22.9. The number of urea groups is 1. The zero-order chi connectivity index (χ0) is 28.8. The Labute approximate surface area is 229 Å². The van der Waals surface area contributed by atoms with Gasteiger partial charge in [-0.05, 0) is 48.1 Å². The van der Waals surface area contributed by atoms with Crippen LogP contribution in [0.15, 0.2) is 42.5 Å². The third-order valence-corrected chi connectivity index (χ3v) is 6.46. The van der Waals surface area contributed by atoms with Crippen molar-refractivity contribution >= 4 is 11.9 Å². The first kappa shape index (κ1) is 32.1. The highest BCUT2D eigenvalue weighted by molar-refractivity contribution is 5.87. The lowest BCUT2D eigenvalue weighted by Gasteiger charge is -2.28. The Morgan fingerprint density at radius 2 is 1.67 bits per heavy atom. The highest BCUT2D eigenvalue weighted by Gasteiger charge is 2.29. The molecule has 0 heterocycles. The number of aryl methyl sites for hydroxylation is 1. The van der Waals surface area contributed by atoms with Crippen LogP contribution in [0.4, 0.5) is 18.0 Å². The molecular weight excluding hydrogens is 509 g/mol. The maximum absolute atomic E-state index is 14.6. The molecule has 0 saturated heterocycles. The van der Waals surface area contributed by atoms with Gasteiger partial charge in [0, 0.05) is 32.6 Å². The fourth-order valence-electron chi connectivity index (χ4n) is 4.28. The van der Waals surface area contributed by atoms with Crippen molar-refractivity contribution in [1.29, 1.82) is 0 Å². The highest BCUT2D eigenvalue weighted by atomic mass is 19.1. The summed E-state index contributed by atoms with van der Waals surface area (Å²) >= 11 is 0. The van der Waals surface area contributed by atoms with E-state index >= 15 is 0 Å². The van der Waals surface area contributed by atoms with Gasteiger partial charge in [0.25, 0.3) is 0 Å². The molecule has 2 rings (SSSR count). The fourth-order valence-corrected chi connectivity index (χ4v) is 4.28. The highest BCUT2D eigenvalue weighted by Crippen LogP contribution is 2.15. The zero-order valence-corrected chi connectivity index (χ0v) is 22.9. The summed E-state index contributed by atoms with van der Waals surface area (Å²) in [5, 5.41) is 21.6. The lowest BCUT2D eigenvalue weighted by molar-refractivity contribution is -0.125. The molecule has 0 aliphatic heterocycles. The summed E-state index contributed by atoms with van der Waals surface area (Å²) < 4.78 is 42.3. The van der Waals surface area contributed by atoms with E-state index in [2.05, 4.69) is 34.3 Å². The van der Waals surface area contributed by atoms with Crippen LogP contribution in [0.1, 0.15) is 56.2 Å². The standard InChI is InChI=1S/C29H41F3N4O3/c1-4-6-10-22(30)16-26(36-29(39)33-3)28(38)35-25(14-21-12-23(31)15-24(32)13-21)27(37)18-34-17-20-9-7-8-19(5-2)11-20/h7-9,11-13,15,22,25-27,34,37H,4-6,10,14,16-18H2,1-3H3,(H,35,38)(H2,33,36,39)/t22?,25-,26?,27+/m0/s1. The molecule has 2 unspecified atom stereocenters. The van der Waals surface area contributed by atoms with Gasteiger partial charge in [0.2, 0.25) is 5.91 Å². The normalized spacial score (nSPS) is 14.2. The number of carbonyl (C=O) groups excluding carboxylic acids is 2. The van der Waals surface area contributed by atoms with Crippen LogP contribution in [0, 0.1) is 11.6 Å². The van der Waals surface area contributed by atoms with E-state index in [9.17, 15) is 27.9 Å². The fraction of sp³-hybridized carbons (Fsp3) is 0.517. The van der Waals surface area contributed by atoms with Gasteiger partial charge in [-0.1, -0.05) is 51.0 Å². The lowest BCUT2D eigenvalue weighted by atomic mass is 9.99. The number of aliphatic hydroxyl groups excluding tert-OH is 1. The molecule has 0 saturated carbocycles. The topological polar surface area (TPSA) is 102 Å². The number of amides is 3. The van der Waals surface area contributed by atoms with Crippen molar-refractivity contribution in [1.82, 2.24) is 21.3 Å². The third-order valence-electron chi connectivity index (χ3n) is 6.46. The van der Waals surface area contributed by atoms with Gasteiger partial charge in [0.05, 0.1) is 12.1 Å². The molecule has 5 N–H and O–H groups in total. The van der Waals surface area contributed by atoms with Crippen molar-refractivity contribution in [2.75, 3.05) is 13.6 Å². The van der Waals surface area contributed by atoms with Crippen LogP contribution in [0.2, 0.25) is 0 Å². The number of nitrogens with one attached hydrogen (secondary N) is 4. The summed E-state index contributed by atoms with van der Waals surface area (Å²) in [6.07, 6.45) is -0.260. The van der Waals surface area contributed by atoms with E-state index in [1.165, 1.54) is 12.6 Å². The molecule has 0 radical (unpaired) electrons. The molecule has 216 valence electrons. The van der Waals surface area contributed by atoms with Gasteiger partial charge >= 0.3 is 6.03 Å². The molecule has 0 aliphatic carbocycles. The predicted molar refractivity (Wildman–Crippen MR) is 146 cm³/mol. The summed E-state index contributed by atoms with van der Waals surface area (Å²) in [6, 6.07) is 8.13. The van der Waals surface area contributed by atoms with Gasteiger partial charge in [-0.3, -0.25) is 4.79 Å². The van der Waals surface area contributed by atoms with E-state index in [4.69, 9.17) is 0 Å². The van der Waals surface area contributed by atoms with E-state index in [0.29, 0.717) is 13.0 Å². The van der Waals surface area contributed by atoms with Crippen molar-refractivity contribution < 1.29 is 27.9 Å². The minimum atomic E-state index is -1.32. The van der Waals surface area contributed by atoms with Crippen LogP contribution in [-0.4, -0.2) is 55.0 Å². The number of aliphatic hydroxyl groups is 1. The Kier molecular flexibility index (Phi) is 13.8. The van der Waals surface area contributed by atoms with Gasteiger partial charge in [0.1, 0.15) is 23.8 Å². The first-order valence-corrected chi connectivity index (χ1v) is 13.5. The number of halogens is 3. The molecule has 2 aromatic carbocycles. The maximum atomic E-state index is 14.6. The molecule has 7 nitrogen and oxygen atoms in total. The number of benzene rings is 2. The molecule has 0 fully saturated rings. The van der Waals surface area contributed by atoms with Crippen molar-refractivity contribution in [3.05, 3.63) is 70.8 Å². The number of hydrogen-bond acceptors (Lipinski definition) is 4. The van der Waals surface area contributed by atoms with Gasteiger partial charge in [-0.25, -0.2) is 18.0 Å². The van der Waals surface area contributed by atoms with Gasteiger partial charge < -0.3 is 26.4 Å². The quantitative estimate of drug-likeness (QED) is 0.219. The Morgan fingerprint density at radius 1 is 0.974 bits per heavy atom. The summed E-state index contributed by atoms with van der Waals surface area (Å²) in [7, 11) is 1.38. The second-order valence-corrected chi connectivity index (χ2v) is 9.72. The van der Waals surface area contributed by atoms with Crippen LogP contribution in [0.3, 0.4) is 0 Å². The van der Waals surface area contributed by atoms with Crippen molar-refractivity contribution in [3.8, 4) is 0 Å². The summed E-state index contributed by atoms with van der Waals surface area (Å²) in [5.41, 5.74) is 2.42. The molecule has 39 heavy (non-hydrogen) atoms. The van der Waals surface area contributed by atoms with E-state index in [1.54, 1.807) is 0 Å². The molecular formula is C29H41F3N4O3. The van der Waals surface area contributed by atoms with Crippen LogP contribution < -0.4 is 21.3 Å². The Balaban J connectivity index is 2.17. The van der Waals surface area contributed by atoms with Crippen molar-refractivity contribution in [2.24, 2.45) is 0 Å². The summed E-state index contributed by atoms with van der Waals surface area (Å²) in [5.74, 6) is -2.27. The van der Waals surface area contributed by atoms with E-state index in [0.717, 1.165) is 36.6 Å². The lowest BCUT2D eigenvalue weighted by Crippen LogP contribution is -2.56. The predicted octanol–water partition coefficient (Wildman–Crippen LogP) is 3.92. The van der Waals surface area contributed by atoms with Crippen molar-refractivity contribution in [3.63, 3.8) is 0 Å². The second kappa shape index (κ2) is 16.8. The smallest absolute Gasteiger partial charge is 0.315 e. The molecule has 4 atom stereocenters. The molecule has 3 amide bonds. The second-order valence-electron chi connectivity index (χ2n) is 9.72. The van der Waals surface area contributed by atoms with Crippen LogP contribution in [0.5, 0.6) is 0 Å². The third kappa shape index (κ3) is 11.7.